The van der Waals surface area contributed by atoms with Crippen LogP contribution in [0, 0.1) is 12.7 Å². The van der Waals surface area contributed by atoms with Crippen LogP contribution in [0.2, 0.25) is 0 Å². The fourth-order valence-corrected chi connectivity index (χ4v) is 5.45. The summed E-state index contributed by atoms with van der Waals surface area (Å²) >= 11 is 1.57. The Labute approximate surface area is 168 Å². The molecule has 2 aromatic carbocycles. The fraction of sp³-hybridized carbons (Fsp3) is 0.250. The van der Waals surface area contributed by atoms with Crippen molar-refractivity contribution in [3.05, 3.63) is 65.3 Å². The van der Waals surface area contributed by atoms with E-state index in [1.807, 2.05) is 5.38 Å². The Morgan fingerprint density at radius 1 is 0.964 bits per heavy atom. The Kier molecular flexibility index (Phi) is 5.18. The first kappa shape index (κ1) is 19.0. The topological polar surface area (TPSA) is 53.5 Å². The summed E-state index contributed by atoms with van der Waals surface area (Å²) in [6.07, 6.45) is 0. The summed E-state index contributed by atoms with van der Waals surface area (Å²) in [5.74, 6) is -0.447. The molecule has 0 saturated carbocycles. The van der Waals surface area contributed by atoms with Crippen LogP contribution in [0.25, 0.3) is 11.3 Å². The summed E-state index contributed by atoms with van der Waals surface area (Å²) < 4.78 is 40.0. The third-order valence-electron chi connectivity index (χ3n) is 4.80. The Hall–Kier alpha value is -2.29. The molecular formula is C20H20FN3O2S2. The van der Waals surface area contributed by atoms with E-state index >= 15 is 0 Å². The monoisotopic (exact) mass is 417 g/mol. The minimum Gasteiger partial charge on any atom is -0.345 e. The van der Waals surface area contributed by atoms with Crippen molar-refractivity contribution in [1.82, 2.24) is 9.29 Å². The van der Waals surface area contributed by atoms with Gasteiger partial charge in [0, 0.05) is 37.1 Å². The van der Waals surface area contributed by atoms with Crippen LogP contribution in [0.4, 0.5) is 9.52 Å². The number of thiazole rings is 1. The van der Waals surface area contributed by atoms with Crippen molar-refractivity contribution >= 4 is 26.5 Å². The first-order valence-electron chi connectivity index (χ1n) is 8.97. The minimum absolute atomic E-state index is 0.123. The number of halogens is 1. The molecule has 1 aliphatic rings. The van der Waals surface area contributed by atoms with Gasteiger partial charge >= 0.3 is 0 Å². The molecule has 0 amide bonds. The quantitative estimate of drug-likeness (QED) is 0.649. The van der Waals surface area contributed by atoms with Crippen molar-refractivity contribution in [2.75, 3.05) is 31.1 Å². The Morgan fingerprint density at radius 3 is 2.25 bits per heavy atom. The second-order valence-corrected chi connectivity index (χ2v) is 9.50. The molecule has 146 valence electrons. The highest BCUT2D eigenvalue weighted by Crippen LogP contribution is 2.29. The predicted octanol–water partition coefficient (Wildman–Crippen LogP) is 3.77. The van der Waals surface area contributed by atoms with Gasteiger partial charge < -0.3 is 4.90 Å². The van der Waals surface area contributed by atoms with Gasteiger partial charge in [-0.05, 0) is 31.2 Å². The summed E-state index contributed by atoms with van der Waals surface area (Å²) in [7, 11) is -3.60. The van der Waals surface area contributed by atoms with Gasteiger partial charge in [0.1, 0.15) is 5.82 Å². The summed E-state index contributed by atoms with van der Waals surface area (Å²) in [4.78, 5) is 6.96. The van der Waals surface area contributed by atoms with Crippen molar-refractivity contribution < 1.29 is 12.8 Å². The van der Waals surface area contributed by atoms with E-state index < -0.39 is 15.8 Å². The van der Waals surface area contributed by atoms with Crippen LogP contribution in [0.3, 0.4) is 0 Å². The van der Waals surface area contributed by atoms with Crippen LogP contribution in [0.15, 0.2) is 58.8 Å². The number of aromatic nitrogens is 1. The number of benzene rings is 2. The zero-order chi connectivity index (χ0) is 19.7. The first-order chi connectivity index (χ1) is 13.4. The third kappa shape index (κ3) is 3.80. The second kappa shape index (κ2) is 7.62. The molecule has 1 saturated heterocycles. The molecule has 1 aliphatic heterocycles. The van der Waals surface area contributed by atoms with Crippen LogP contribution in [0.1, 0.15) is 5.56 Å². The van der Waals surface area contributed by atoms with E-state index in [2.05, 4.69) is 36.1 Å². The number of sulfonamides is 1. The number of hydrogen-bond acceptors (Lipinski definition) is 5. The number of piperazine rings is 1. The molecule has 8 heteroatoms. The van der Waals surface area contributed by atoms with Gasteiger partial charge in [-0.1, -0.05) is 29.8 Å². The van der Waals surface area contributed by atoms with Crippen LogP contribution in [0.5, 0.6) is 0 Å². The average Bonchev–Trinajstić information content (AvgIpc) is 3.19. The highest BCUT2D eigenvalue weighted by molar-refractivity contribution is 7.89. The molecule has 0 spiro atoms. The zero-order valence-electron chi connectivity index (χ0n) is 15.4. The lowest BCUT2D eigenvalue weighted by molar-refractivity contribution is 0.384. The molecule has 0 aliphatic carbocycles. The van der Waals surface area contributed by atoms with Crippen molar-refractivity contribution in [2.45, 2.75) is 11.8 Å². The van der Waals surface area contributed by atoms with E-state index in [1.165, 1.54) is 34.1 Å². The predicted molar refractivity (Wildman–Crippen MR) is 110 cm³/mol. The van der Waals surface area contributed by atoms with Gasteiger partial charge in [-0.2, -0.15) is 4.31 Å². The van der Waals surface area contributed by atoms with Gasteiger partial charge in [-0.3, -0.25) is 0 Å². The standard InChI is InChI=1S/C20H20FN3O2S2/c1-15-2-4-16(5-3-15)19-14-27-20(22-19)23-10-12-24(13-11-23)28(25,26)18-8-6-17(21)7-9-18/h2-9,14H,10-13H2,1H3. The lowest BCUT2D eigenvalue weighted by Crippen LogP contribution is -2.48. The van der Waals surface area contributed by atoms with Crippen LogP contribution >= 0.6 is 11.3 Å². The maximum atomic E-state index is 13.1. The number of anilines is 1. The van der Waals surface area contributed by atoms with E-state index in [-0.39, 0.29) is 4.90 Å². The lowest BCUT2D eigenvalue weighted by atomic mass is 10.1. The molecule has 1 aromatic heterocycles. The van der Waals surface area contributed by atoms with E-state index in [4.69, 9.17) is 4.98 Å². The molecule has 3 aromatic rings. The summed E-state index contributed by atoms with van der Waals surface area (Å²) in [6, 6.07) is 13.2. The Morgan fingerprint density at radius 2 is 1.61 bits per heavy atom. The molecule has 28 heavy (non-hydrogen) atoms. The minimum atomic E-state index is -3.60. The molecule has 0 atom stereocenters. The molecule has 2 heterocycles. The van der Waals surface area contributed by atoms with Gasteiger partial charge in [-0.25, -0.2) is 17.8 Å². The third-order valence-corrected chi connectivity index (χ3v) is 7.61. The first-order valence-corrected chi connectivity index (χ1v) is 11.3. The molecule has 0 bridgehead atoms. The van der Waals surface area contributed by atoms with Crippen molar-refractivity contribution in [3.8, 4) is 11.3 Å². The van der Waals surface area contributed by atoms with Gasteiger partial charge in [0.05, 0.1) is 10.6 Å². The molecular weight excluding hydrogens is 397 g/mol. The van der Waals surface area contributed by atoms with E-state index in [0.717, 1.165) is 16.4 Å². The molecule has 0 radical (unpaired) electrons. The van der Waals surface area contributed by atoms with E-state index in [9.17, 15) is 12.8 Å². The summed E-state index contributed by atoms with van der Waals surface area (Å²) in [5.41, 5.74) is 3.21. The number of hydrogen-bond donors (Lipinski definition) is 0. The number of aryl methyl sites for hydroxylation is 1. The lowest BCUT2D eigenvalue weighted by Gasteiger charge is -2.33. The van der Waals surface area contributed by atoms with Crippen molar-refractivity contribution in [1.29, 1.82) is 0 Å². The van der Waals surface area contributed by atoms with Gasteiger partial charge in [0.25, 0.3) is 0 Å². The normalized spacial score (nSPS) is 15.7. The highest BCUT2D eigenvalue weighted by atomic mass is 32.2. The highest BCUT2D eigenvalue weighted by Gasteiger charge is 2.29. The molecule has 1 fully saturated rings. The largest absolute Gasteiger partial charge is 0.345 e. The molecule has 5 nitrogen and oxygen atoms in total. The summed E-state index contributed by atoms with van der Waals surface area (Å²) in [6.45, 7) is 3.94. The fourth-order valence-electron chi connectivity index (χ4n) is 3.14. The zero-order valence-corrected chi connectivity index (χ0v) is 17.0. The van der Waals surface area contributed by atoms with Crippen LogP contribution in [-0.4, -0.2) is 43.9 Å². The summed E-state index contributed by atoms with van der Waals surface area (Å²) in [5, 5.41) is 2.93. The van der Waals surface area contributed by atoms with Gasteiger partial charge in [0.2, 0.25) is 10.0 Å². The van der Waals surface area contributed by atoms with E-state index in [0.29, 0.717) is 26.2 Å². The maximum absolute atomic E-state index is 13.1. The number of rotatable bonds is 4. The van der Waals surface area contributed by atoms with E-state index in [1.54, 1.807) is 11.3 Å². The SMILES string of the molecule is Cc1ccc(-c2csc(N3CCN(S(=O)(=O)c4ccc(F)cc4)CC3)n2)cc1. The smallest absolute Gasteiger partial charge is 0.243 e. The molecule has 0 N–H and O–H groups in total. The average molecular weight is 418 g/mol. The van der Waals surface area contributed by atoms with Gasteiger partial charge in [0.15, 0.2) is 5.13 Å². The molecule has 4 rings (SSSR count). The van der Waals surface area contributed by atoms with Crippen LogP contribution in [-0.2, 0) is 10.0 Å². The Bertz CT molecular complexity index is 1060. The second-order valence-electron chi connectivity index (χ2n) is 6.73. The number of nitrogens with zero attached hydrogens (tertiary/aromatic N) is 3. The Balaban J connectivity index is 1.44. The van der Waals surface area contributed by atoms with Gasteiger partial charge in [-0.15, -0.1) is 11.3 Å². The maximum Gasteiger partial charge on any atom is 0.243 e. The van der Waals surface area contributed by atoms with Crippen molar-refractivity contribution in [3.63, 3.8) is 0 Å². The van der Waals surface area contributed by atoms with Crippen LogP contribution < -0.4 is 4.90 Å². The van der Waals surface area contributed by atoms with Crippen molar-refractivity contribution in [2.24, 2.45) is 0 Å². The molecule has 0 unspecified atom stereocenters.